The highest BCUT2D eigenvalue weighted by atomic mass is 16.4. The molecule has 0 aromatic heterocycles. The molecule has 4 nitrogen and oxygen atoms in total. The molecule has 3 N–H and O–H groups in total. The summed E-state index contributed by atoms with van der Waals surface area (Å²) < 4.78 is 0. The van der Waals surface area contributed by atoms with Crippen molar-refractivity contribution in [2.45, 2.75) is 38.4 Å². The first-order valence-electron chi connectivity index (χ1n) is 4.28. The van der Waals surface area contributed by atoms with Crippen LogP contribution in [0.15, 0.2) is 12.2 Å². The van der Waals surface area contributed by atoms with Crippen LogP contribution in [-0.2, 0) is 4.79 Å². The molecule has 76 valence electrons. The molecule has 0 aliphatic rings. The topological polar surface area (TPSA) is 77.8 Å². The van der Waals surface area contributed by atoms with Crippen LogP contribution < -0.4 is 0 Å². The summed E-state index contributed by atoms with van der Waals surface area (Å²) in [4.78, 5) is 10.1. The molecule has 0 radical (unpaired) electrons. The number of carbonyl (C=O) groups is 1. The number of hydrogen-bond donors (Lipinski definition) is 3. The van der Waals surface area contributed by atoms with Gasteiger partial charge in [0.1, 0.15) is 0 Å². The van der Waals surface area contributed by atoms with Crippen LogP contribution in [-0.4, -0.2) is 33.5 Å². The van der Waals surface area contributed by atoms with Gasteiger partial charge in [-0.05, 0) is 19.8 Å². The lowest BCUT2D eigenvalue weighted by Crippen LogP contribution is -2.17. The van der Waals surface area contributed by atoms with Gasteiger partial charge < -0.3 is 15.3 Å². The molecule has 0 bridgehead atoms. The first-order valence-corrected chi connectivity index (χ1v) is 4.28. The van der Waals surface area contributed by atoms with Crippen molar-refractivity contribution in [1.82, 2.24) is 0 Å². The van der Waals surface area contributed by atoms with Crippen molar-refractivity contribution in [3.05, 3.63) is 12.2 Å². The van der Waals surface area contributed by atoms with E-state index < -0.39 is 12.1 Å². The van der Waals surface area contributed by atoms with E-state index in [4.69, 9.17) is 15.3 Å². The first kappa shape index (κ1) is 12.1. The van der Waals surface area contributed by atoms with Crippen LogP contribution in [0.1, 0.15) is 26.2 Å². The smallest absolute Gasteiger partial charge is 0.332 e. The van der Waals surface area contributed by atoms with Crippen LogP contribution in [0.25, 0.3) is 0 Å². The van der Waals surface area contributed by atoms with Gasteiger partial charge in [-0.25, -0.2) is 4.79 Å². The Balaban J connectivity index is 3.46. The van der Waals surface area contributed by atoms with Gasteiger partial charge >= 0.3 is 5.97 Å². The van der Waals surface area contributed by atoms with Gasteiger partial charge in [0.2, 0.25) is 0 Å². The number of hydrogen-bond acceptors (Lipinski definition) is 3. The molecule has 0 saturated heterocycles. The zero-order valence-electron chi connectivity index (χ0n) is 7.68. The van der Waals surface area contributed by atoms with Crippen molar-refractivity contribution in [3.63, 3.8) is 0 Å². The predicted octanol–water partition coefficient (Wildman–Crippen LogP) is 0.539. The molecule has 0 aliphatic heterocycles. The fourth-order valence-corrected chi connectivity index (χ4v) is 0.781. The molecule has 2 atom stereocenters. The highest BCUT2D eigenvalue weighted by molar-refractivity contribution is 5.72. The predicted molar refractivity (Wildman–Crippen MR) is 48.3 cm³/mol. The molecule has 0 spiro atoms. The summed E-state index contributed by atoms with van der Waals surface area (Å²) in [5, 5.41) is 26.0. The maximum absolute atomic E-state index is 10.1. The van der Waals surface area contributed by atoms with E-state index in [1.807, 2.05) is 0 Å². The van der Waals surface area contributed by atoms with Crippen LogP contribution in [0.5, 0.6) is 0 Å². The number of aliphatic carboxylic acids is 1. The Bertz CT molecular complexity index is 174. The number of aliphatic hydroxyl groups excluding tert-OH is 2. The van der Waals surface area contributed by atoms with E-state index in [2.05, 4.69) is 0 Å². The Morgan fingerprint density at radius 1 is 1.38 bits per heavy atom. The number of aliphatic hydroxyl groups is 2. The normalized spacial score (nSPS) is 15.9. The van der Waals surface area contributed by atoms with E-state index in [0.717, 1.165) is 0 Å². The van der Waals surface area contributed by atoms with Gasteiger partial charge in [-0.1, -0.05) is 12.2 Å². The maximum atomic E-state index is 10.1. The van der Waals surface area contributed by atoms with E-state index in [0.29, 0.717) is 12.8 Å². The zero-order chi connectivity index (χ0) is 10.3. The third-order valence-electron chi connectivity index (χ3n) is 1.56. The van der Waals surface area contributed by atoms with E-state index in [9.17, 15) is 4.79 Å². The summed E-state index contributed by atoms with van der Waals surface area (Å²) in [5.74, 6) is -1.21. The number of allylic oxidation sites excluding steroid dienone is 1. The van der Waals surface area contributed by atoms with Gasteiger partial charge in [0, 0.05) is 6.42 Å². The largest absolute Gasteiger partial charge is 0.479 e. The molecule has 0 aliphatic carbocycles. The van der Waals surface area contributed by atoms with Crippen LogP contribution >= 0.6 is 0 Å². The third kappa shape index (κ3) is 7.49. The van der Waals surface area contributed by atoms with Gasteiger partial charge in [-0.15, -0.1) is 0 Å². The lowest BCUT2D eigenvalue weighted by atomic mass is 10.2. The number of carboxylic acids is 1. The molecule has 0 aromatic carbocycles. The molecule has 0 rings (SSSR count). The number of rotatable bonds is 6. The zero-order valence-corrected chi connectivity index (χ0v) is 7.68. The molecule has 0 heterocycles. The average Bonchev–Trinajstić information content (AvgIpc) is 2.02. The van der Waals surface area contributed by atoms with Crippen molar-refractivity contribution in [1.29, 1.82) is 0 Å². The number of carboxylic acid groups (broad SMARTS) is 1. The lowest BCUT2D eigenvalue weighted by molar-refractivity contribution is -0.146. The van der Waals surface area contributed by atoms with E-state index in [-0.39, 0.29) is 12.5 Å². The second-order valence-electron chi connectivity index (χ2n) is 2.99. The fraction of sp³-hybridized carbons (Fsp3) is 0.667. The van der Waals surface area contributed by atoms with Gasteiger partial charge in [-0.2, -0.15) is 0 Å². The minimum absolute atomic E-state index is 0.120. The second-order valence-corrected chi connectivity index (χ2v) is 2.99. The molecule has 0 saturated carbocycles. The summed E-state index contributed by atoms with van der Waals surface area (Å²) in [6, 6.07) is 0. The van der Waals surface area contributed by atoms with E-state index in [1.165, 1.54) is 0 Å². The monoisotopic (exact) mass is 188 g/mol. The molecular weight excluding hydrogens is 172 g/mol. The fourth-order valence-electron chi connectivity index (χ4n) is 0.781. The van der Waals surface area contributed by atoms with Crippen molar-refractivity contribution in [3.8, 4) is 0 Å². The first-order chi connectivity index (χ1) is 6.04. The molecule has 13 heavy (non-hydrogen) atoms. The highest BCUT2D eigenvalue weighted by Gasteiger charge is 2.09. The van der Waals surface area contributed by atoms with Crippen LogP contribution in [0.2, 0.25) is 0 Å². The van der Waals surface area contributed by atoms with Crippen LogP contribution in [0.4, 0.5) is 0 Å². The minimum atomic E-state index is -1.32. The minimum Gasteiger partial charge on any atom is -0.479 e. The van der Waals surface area contributed by atoms with E-state index >= 15 is 0 Å². The summed E-state index contributed by atoms with van der Waals surface area (Å²) in [5.41, 5.74) is 0. The Hall–Kier alpha value is -0.870. The van der Waals surface area contributed by atoms with Crippen LogP contribution in [0, 0.1) is 0 Å². The quantitative estimate of drug-likeness (QED) is 0.531. The van der Waals surface area contributed by atoms with Crippen molar-refractivity contribution in [2.75, 3.05) is 0 Å². The Morgan fingerprint density at radius 3 is 2.46 bits per heavy atom. The molecule has 0 amide bonds. The van der Waals surface area contributed by atoms with Gasteiger partial charge in [-0.3, -0.25) is 0 Å². The molecule has 0 aromatic rings. The molecule has 2 unspecified atom stereocenters. The lowest BCUT2D eigenvalue weighted by Gasteiger charge is -2.00. The Labute approximate surface area is 77.5 Å². The van der Waals surface area contributed by atoms with Crippen LogP contribution in [0.3, 0.4) is 0 Å². The van der Waals surface area contributed by atoms with Gasteiger partial charge in [0.05, 0.1) is 6.10 Å². The van der Waals surface area contributed by atoms with Gasteiger partial charge in [0.25, 0.3) is 0 Å². The van der Waals surface area contributed by atoms with Crippen molar-refractivity contribution >= 4 is 5.97 Å². The summed E-state index contributed by atoms with van der Waals surface area (Å²) >= 11 is 0. The van der Waals surface area contributed by atoms with Gasteiger partial charge in [0.15, 0.2) is 6.10 Å². The maximum Gasteiger partial charge on any atom is 0.332 e. The molecular formula is C9H16O4. The summed E-state index contributed by atoms with van der Waals surface area (Å²) in [6.07, 6.45) is 3.19. The highest BCUT2D eigenvalue weighted by Crippen LogP contribution is 1.99. The second kappa shape index (κ2) is 6.62. The summed E-state index contributed by atoms with van der Waals surface area (Å²) in [7, 11) is 0. The van der Waals surface area contributed by atoms with E-state index in [1.54, 1.807) is 19.1 Å². The SMILES string of the molecule is CC(O)CC/C=C/CC(O)C(=O)O. The third-order valence-corrected chi connectivity index (χ3v) is 1.56. The molecule has 0 fully saturated rings. The van der Waals surface area contributed by atoms with Crippen molar-refractivity contribution < 1.29 is 20.1 Å². The average molecular weight is 188 g/mol. The standard InChI is InChI=1S/C9H16O4/c1-7(10)5-3-2-4-6-8(11)9(12)13/h2,4,7-8,10-11H,3,5-6H2,1H3,(H,12,13)/b4-2+. The molecule has 4 heteroatoms. The Kier molecular flexibility index (Phi) is 6.18. The summed E-state index contributed by atoms with van der Waals surface area (Å²) in [6.45, 7) is 1.69. The Morgan fingerprint density at radius 2 is 2.00 bits per heavy atom. The van der Waals surface area contributed by atoms with Crippen molar-refractivity contribution in [2.24, 2.45) is 0 Å².